The lowest BCUT2D eigenvalue weighted by Gasteiger charge is -2.24. The van der Waals surface area contributed by atoms with Gasteiger partial charge in [0.05, 0.1) is 17.9 Å². The summed E-state index contributed by atoms with van der Waals surface area (Å²) in [5, 5.41) is 18.4. The summed E-state index contributed by atoms with van der Waals surface area (Å²) in [6, 6.07) is 4.63. The van der Waals surface area contributed by atoms with Gasteiger partial charge in [0.25, 0.3) is 0 Å². The lowest BCUT2D eigenvalue weighted by Crippen LogP contribution is -2.37. The predicted molar refractivity (Wildman–Crippen MR) is 110 cm³/mol. The Labute approximate surface area is 199 Å². The van der Waals surface area contributed by atoms with Gasteiger partial charge in [0.1, 0.15) is 0 Å². The van der Waals surface area contributed by atoms with Crippen molar-refractivity contribution in [3.8, 4) is 0 Å². The number of carbonyl (C=O) groups excluding carboxylic acids is 1. The second-order valence-electron chi connectivity index (χ2n) is 7.70. The van der Waals surface area contributed by atoms with Crippen LogP contribution in [-0.2, 0) is 28.0 Å². The molecule has 4 heterocycles. The number of pyridine rings is 1. The Bertz CT molecular complexity index is 1040. The lowest BCUT2D eigenvalue weighted by atomic mass is 10.1. The van der Waals surface area contributed by atoms with Crippen LogP contribution >= 0.6 is 0 Å². The third kappa shape index (κ3) is 7.66. The Morgan fingerprint density at radius 3 is 2.08 bits per heavy atom. The molecule has 0 aromatic carbocycles. The molecular formula is C20H21F6N5O5. The number of carboxylic acids is 2. The molecule has 4 rings (SSSR count). The normalized spacial score (nSPS) is 19.6. The summed E-state index contributed by atoms with van der Waals surface area (Å²) >= 11 is 0. The second kappa shape index (κ2) is 11.4. The number of aromatic nitrogens is 3. The van der Waals surface area contributed by atoms with Gasteiger partial charge in [-0.2, -0.15) is 31.4 Å². The van der Waals surface area contributed by atoms with Crippen LogP contribution in [0.5, 0.6) is 0 Å². The van der Waals surface area contributed by atoms with Gasteiger partial charge in [-0.15, -0.1) is 0 Å². The maximum atomic E-state index is 12.4. The molecule has 36 heavy (non-hydrogen) atoms. The van der Waals surface area contributed by atoms with E-state index < -0.39 is 24.3 Å². The topological polar surface area (TPSA) is 129 Å². The Hall–Kier alpha value is -3.69. The molecule has 0 radical (unpaired) electrons. The van der Waals surface area contributed by atoms with Crippen LogP contribution in [0.1, 0.15) is 18.4 Å². The van der Waals surface area contributed by atoms with Crippen LogP contribution in [0.2, 0.25) is 0 Å². The van der Waals surface area contributed by atoms with Crippen molar-refractivity contribution in [2.75, 3.05) is 11.4 Å². The largest absolute Gasteiger partial charge is 0.490 e. The van der Waals surface area contributed by atoms with E-state index in [0.29, 0.717) is 12.5 Å². The minimum atomic E-state index is -5.08. The SMILES string of the molecule is Cn1cc(N2C(=O)C[C@@H]3[C@@H]2CCN3Cc2cccnc2)cn1.O=C(O)C(F)(F)F.O=C(O)C(F)(F)F. The fourth-order valence-electron chi connectivity index (χ4n) is 3.72. The van der Waals surface area contributed by atoms with Gasteiger partial charge in [-0.05, 0) is 18.1 Å². The Morgan fingerprint density at radius 1 is 1.06 bits per heavy atom. The van der Waals surface area contributed by atoms with Crippen molar-refractivity contribution >= 4 is 23.5 Å². The zero-order chi connectivity index (χ0) is 27.3. The minimum absolute atomic E-state index is 0.207. The van der Waals surface area contributed by atoms with Gasteiger partial charge in [-0.3, -0.25) is 19.4 Å². The summed E-state index contributed by atoms with van der Waals surface area (Å²) in [7, 11) is 1.88. The number of anilines is 1. The number of nitrogens with zero attached hydrogens (tertiary/aromatic N) is 5. The molecule has 10 nitrogen and oxygen atoms in total. The molecule has 1 amide bonds. The van der Waals surface area contributed by atoms with E-state index in [1.165, 1.54) is 5.56 Å². The molecule has 2 aliphatic heterocycles. The van der Waals surface area contributed by atoms with Crippen LogP contribution in [0.25, 0.3) is 0 Å². The molecule has 2 atom stereocenters. The molecule has 198 valence electrons. The Kier molecular flexibility index (Phi) is 9.01. The minimum Gasteiger partial charge on any atom is -0.475 e. The molecule has 2 aromatic rings. The number of hydrogen-bond acceptors (Lipinski definition) is 6. The monoisotopic (exact) mass is 525 g/mol. The number of fused-ring (bicyclic) bond motifs is 1. The molecule has 2 fully saturated rings. The summed E-state index contributed by atoms with van der Waals surface area (Å²) in [5.74, 6) is -5.31. The number of carbonyl (C=O) groups is 3. The summed E-state index contributed by atoms with van der Waals surface area (Å²) in [4.78, 5) is 38.8. The number of rotatable bonds is 3. The zero-order valence-electron chi connectivity index (χ0n) is 18.6. The summed E-state index contributed by atoms with van der Waals surface area (Å²) in [6.45, 7) is 1.89. The van der Waals surface area contributed by atoms with E-state index in [9.17, 15) is 31.1 Å². The summed E-state index contributed by atoms with van der Waals surface area (Å²) < 4.78 is 65.2. The van der Waals surface area contributed by atoms with E-state index in [2.05, 4.69) is 21.0 Å². The first-order valence-corrected chi connectivity index (χ1v) is 10.1. The Morgan fingerprint density at radius 2 is 1.64 bits per heavy atom. The average molecular weight is 525 g/mol. The second-order valence-corrected chi connectivity index (χ2v) is 7.70. The van der Waals surface area contributed by atoms with Gasteiger partial charge in [-0.25, -0.2) is 9.59 Å². The first-order chi connectivity index (χ1) is 16.6. The van der Waals surface area contributed by atoms with E-state index in [-0.39, 0.29) is 11.9 Å². The molecule has 16 heteroatoms. The molecule has 0 aliphatic carbocycles. The molecule has 0 saturated carbocycles. The Balaban J connectivity index is 0.000000271. The third-order valence-electron chi connectivity index (χ3n) is 5.17. The third-order valence-corrected chi connectivity index (χ3v) is 5.17. The van der Waals surface area contributed by atoms with E-state index >= 15 is 0 Å². The van der Waals surface area contributed by atoms with Crippen LogP contribution in [0.15, 0.2) is 36.9 Å². The van der Waals surface area contributed by atoms with E-state index in [0.717, 1.165) is 25.2 Å². The number of amides is 1. The van der Waals surface area contributed by atoms with Gasteiger partial charge >= 0.3 is 24.3 Å². The quantitative estimate of drug-likeness (QED) is 0.585. The van der Waals surface area contributed by atoms with Crippen LogP contribution in [-0.4, -0.2) is 78.7 Å². The van der Waals surface area contributed by atoms with Crippen molar-refractivity contribution in [3.05, 3.63) is 42.5 Å². The first kappa shape index (κ1) is 28.5. The van der Waals surface area contributed by atoms with Gasteiger partial charge in [0, 0.05) is 51.2 Å². The standard InChI is InChI=1S/C16H19N5O.2C2HF3O2/c1-19-11-13(9-18-19)21-14-4-6-20(15(14)7-16(21)22)10-12-3-2-5-17-8-12;2*3-2(4,5)1(6)7/h2-3,5,8-9,11,14-15H,4,6-7,10H2,1H3;2*(H,6,7)/t14-,15+;;/m0../s1. The van der Waals surface area contributed by atoms with E-state index in [1.54, 1.807) is 17.1 Å². The highest BCUT2D eigenvalue weighted by Crippen LogP contribution is 2.36. The average Bonchev–Trinajstić information content (AvgIpc) is 3.44. The van der Waals surface area contributed by atoms with Gasteiger partial charge < -0.3 is 15.1 Å². The predicted octanol–water partition coefficient (Wildman–Crippen LogP) is 2.46. The smallest absolute Gasteiger partial charge is 0.475 e. The highest BCUT2D eigenvalue weighted by atomic mass is 19.4. The summed E-state index contributed by atoms with van der Waals surface area (Å²) in [6.07, 6.45) is -1.15. The number of halogens is 6. The molecule has 2 N–H and O–H groups in total. The van der Waals surface area contributed by atoms with Crippen LogP contribution in [0, 0.1) is 0 Å². The molecule has 2 aromatic heterocycles. The maximum absolute atomic E-state index is 12.4. The van der Waals surface area contributed by atoms with Crippen molar-refractivity contribution in [2.45, 2.75) is 43.8 Å². The van der Waals surface area contributed by atoms with E-state index in [4.69, 9.17) is 19.8 Å². The highest BCUT2D eigenvalue weighted by Gasteiger charge is 2.47. The lowest BCUT2D eigenvalue weighted by molar-refractivity contribution is -0.193. The molecule has 2 saturated heterocycles. The number of hydrogen-bond donors (Lipinski definition) is 2. The first-order valence-electron chi connectivity index (χ1n) is 10.1. The van der Waals surface area contributed by atoms with Crippen LogP contribution < -0.4 is 4.90 Å². The maximum Gasteiger partial charge on any atom is 0.490 e. The number of likely N-dealkylation sites (tertiary alicyclic amines) is 1. The number of aryl methyl sites for hydroxylation is 1. The summed E-state index contributed by atoms with van der Waals surface area (Å²) in [5.41, 5.74) is 2.12. The molecule has 0 spiro atoms. The zero-order valence-corrected chi connectivity index (χ0v) is 18.6. The van der Waals surface area contributed by atoms with Gasteiger partial charge in [0.2, 0.25) is 5.91 Å². The highest BCUT2D eigenvalue weighted by molar-refractivity contribution is 5.97. The number of aliphatic carboxylic acids is 2. The molecule has 0 bridgehead atoms. The van der Waals surface area contributed by atoms with E-state index in [1.807, 2.05) is 30.4 Å². The molecule has 2 aliphatic rings. The number of alkyl halides is 6. The molecular weight excluding hydrogens is 504 g/mol. The fraction of sp³-hybridized carbons (Fsp3) is 0.450. The van der Waals surface area contributed by atoms with Crippen LogP contribution in [0.4, 0.5) is 32.0 Å². The van der Waals surface area contributed by atoms with Gasteiger partial charge in [0.15, 0.2) is 0 Å². The van der Waals surface area contributed by atoms with Crippen molar-refractivity contribution in [1.82, 2.24) is 19.7 Å². The van der Waals surface area contributed by atoms with Crippen LogP contribution in [0.3, 0.4) is 0 Å². The fourth-order valence-corrected chi connectivity index (χ4v) is 3.72. The number of carboxylic acid groups (broad SMARTS) is 2. The van der Waals surface area contributed by atoms with Crippen molar-refractivity contribution < 1.29 is 50.9 Å². The van der Waals surface area contributed by atoms with Crippen molar-refractivity contribution in [2.24, 2.45) is 7.05 Å². The van der Waals surface area contributed by atoms with Crippen molar-refractivity contribution in [1.29, 1.82) is 0 Å². The van der Waals surface area contributed by atoms with Crippen molar-refractivity contribution in [3.63, 3.8) is 0 Å². The molecule has 0 unspecified atom stereocenters. The van der Waals surface area contributed by atoms with Gasteiger partial charge in [-0.1, -0.05) is 6.07 Å².